The monoisotopic (exact) mass is 401 g/mol. The highest BCUT2D eigenvalue weighted by atomic mass is 32.2. The van der Waals surface area contributed by atoms with Gasteiger partial charge in [-0.15, -0.1) is 23.1 Å². The van der Waals surface area contributed by atoms with Crippen LogP contribution in [0.25, 0.3) is 20.4 Å². The van der Waals surface area contributed by atoms with Gasteiger partial charge < -0.3 is 4.74 Å². The number of ether oxygens (including phenoxy) is 1. The van der Waals surface area contributed by atoms with E-state index in [-0.39, 0.29) is 5.60 Å². The summed E-state index contributed by atoms with van der Waals surface area (Å²) in [6.45, 7) is 11.6. The Balaban J connectivity index is 1.96. The van der Waals surface area contributed by atoms with Gasteiger partial charge in [-0.1, -0.05) is 27.2 Å². The predicted octanol–water partition coefficient (Wildman–Crippen LogP) is 6.11. The lowest BCUT2D eigenvalue weighted by atomic mass is 9.87. The van der Waals surface area contributed by atoms with Crippen molar-refractivity contribution in [1.29, 1.82) is 0 Å². The van der Waals surface area contributed by atoms with Crippen LogP contribution in [0.5, 0.6) is 0 Å². The van der Waals surface area contributed by atoms with Crippen molar-refractivity contribution in [3.05, 3.63) is 23.1 Å². The lowest BCUT2D eigenvalue weighted by Gasteiger charge is -2.33. The molecule has 4 nitrogen and oxygen atoms in total. The van der Waals surface area contributed by atoms with Crippen molar-refractivity contribution in [2.75, 3.05) is 5.75 Å². The quantitative estimate of drug-likeness (QED) is 0.293. The van der Waals surface area contributed by atoms with E-state index in [4.69, 9.17) is 14.7 Å². The lowest BCUT2D eigenvalue weighted by molar-refractivity contribution is -0.0402. The topological polar surface area (TPSA) is 47.9 Å². The smallest absolute Gasteiger partial charge is 0.126 e. The van der Waals surface area contributed by atoms with Crippen LogP contribution in [-0.2, 0) is 17.8 Å². The summed E-state index contributed by atoms with van der Waals surface area (Å²) in [5.41, 5.74) is 4.74. The van der Waals surface area contributed by atoms with Gasteiger partial charge in [0.25, 0.3) is 0 Å². The van der Waals surface area contributed by atoms with Crippen LogP contribution in [0.3, 0.4) is 0 Å². The van der Waals surface area contributed by atoms with Crippen molar-refractivity contribution in [3.63, 3.8) is 0 Å². The first kappa shape index (κ1) is 19.1. The van der Waals surface area contributed by atoms with Gasteiger partial charge in [-0.3, -0.25) is 0 Å². The zero-order valence-electron chi connectivity index (χ0n) is 16.8. The number of rotatable bonds is 5. The highest BCUT2D eigenvalue weighted by Crippen LogP contribution is 2.43. The lowest BCUT2D eigenvalue weighted by Crippen LogP contribution is -2.32. The molecule has 0 N–H and O–H groups in total. The summed E-state index contributed by atoms with van der Waals surface area (Å²) in [6, 6.07) is 0. The molecule has 0 unspecified atom stereocenters. The van der Waals surface area contributed by atoms with Crippen molar-refractivity contribution in [3.8, 4) is 0 Å². The molecule has 0 fully saturated rings. The molecule has 144 valence electrons. The minimum atomic E-state index is -0.157. The van der Waals surface area contributed by atoms with E-state index in [1.165, 1.54) is 39.7 Å². The highest BCUT2D eigenvalue weighted by molar-refractivity contribution is 7.99. The van der Waals surface area contributed by atoms with Crippen LogP contribution in [0.1, 0.15) is 70.2 Å². The second-order valence-electron chi connectivity index (χ2n) is 8.17. The van der Waals surface area contributed by atoms with Gasteiger partial charge in [-0.25, -0.2) is 15.0 Å². The Morgan fingerprint density at radius 1 is 1.26 bits per heavy atom. The van der Waals surface area contributed by atoms with Gasteiger partial charge in [0, 0.05) is 17.4 Å². The molecule has 0 amide bonds. The maximum Gasteiger partial charge on any atom is 0.126 e. The van der Waals surface area contributed by atoms with E-state index in [0.29, 0.717) is 12.5 Å². The van der Waals surface area contributed by atoms with Gasteiger partial charge in [0.2, 0.25) is 0 Å². The van der Waals surface area contributed by atoms with E-state index in [9.17, 15) is 0 Å². The summed E-state index contributed by atoms with van der Waals surface area (Å²) in [6.07, 6.45) is 5.03. The van der Waals surface area contributed by atoms with Crippen LogP contribution >= 0.6 is 23.1 Å². The second-order valence-corrected chi connectivity index (χ2v) is 10.3. The van der Waals surface area contributed by atoms with Crippen LogP contribution in [0.15, 0.2) is 11.4 Å². The normalized spacial score (nSPS) is 16.4. The number of nitrogens with zero attached hydrogens (tertiary/aromatic N) is 3. The Morgan fingerprint density at radius 3 is 2.81 bits per heavy atom. The fourth-order valence-corrected chi connectivity index (χ4v) is 6.03. The number of aromatic nitrogens is 3. The fourth-order valence-electron chi connectivity index (χ4n) is 3.70. The van der Waals surface area contributed by atoms with Crippen LogP contribution in [0.2, 0.25) is 0 Å². The molecule has 1 aliphatic heterocycles. The number of hydrogen-bond acceptors (Lipinski definition) is 6. The SMILES string of the molecule is CCCCSc1ncnc2c1sc1nc(C(C)C)c3c(c12)CC(C)(C)OC3. The van der Waals surface area contributed by atoms with Crippen LogP contribution in [0, 0.1) is 0 Å². The van der Waals surface area contributed by atoms with Gasteiger partial charge in [0.15, 0.2) is 0 Å². The first-order chi connectivity index (χ1) is 12.9. The standard InChI is InChI=1S/C21H27N3OS2/c1-6-7-8-26-20-18-17(22-11-23-20)15-13-9-21(4,5)25-10-14(13)16(12(2)3)24-19(15)27-18/h11-12H,6-10H2,1-5H3. The third-order valence-electron chi connectivity index (χ3n) is 5.11. The predicted molar refractivity (Wildman–Crippen MR) is 115 cm³/mol. The first-order valence-corrected chi connectivity index (χ1v) is 11.6. The number of pyridine rings is 1. The number of unbranched alkanes of at least 4 members (excludes halogenated alkanes) is 1. The Morgan fingerprint density at radius 2 is 2.07 bits per heavy atom. The summed E-state index contributed by atoms with van der Waals surface area (Å²) in [5.74, 6) is 1.48. The molecule has 0 aliphatic carbocycles. The average Bonchev–Trinajstić information content (AvgIpc) is 3.00. The maximum absolute atomic E-state index is 6.14. The third kappa shape index (κ3) is 3.47. The van der Waals surface area contributed by atoms with Gasteiger partial charge in [0.1, 0.15) is 16.2 Å². The van der Waals surface area contributed by atoms with E-state index < -0.39 is 0 Å². The molecular formula is C21H27N3OS2. The summed E-state index contributed by atoms with van der Waals surface area (Å²) < 4.78 is 7.32. The summed E-state index contributed by atoms with van der Waals surface area (Å²) in [4.78, 5) is 15.4. The summed E-state index contributed by atoms with van der Waals surface area (Å²) >= 11 is 3.60. The molecule has 6 heteroatoms. The van der Waals surface area contributed by atoms with Gasteiger partial charge in [-0.05, 0) is 37.5 Å². The molecule has 0 atom stereocenters. The van der Waals surface area contributed by atoms with Crippen LogP contribution < -0.4 is 0 Å². The number of thioether (sulfide) groups is 1. The Hall–Kier alpha value is -1.24. The number of fused-ring (bicyclic) bond motifs is 5. The van der Waals surface area contributed by atoms with Crippen LogP contribution in [-0.4, -0.2) is 26.3 Å². The molecule has 0 aromatic carbocycles. The molecule has 0 saturated carbocycles. The first-order valence-electron chi connectivity index (χ1n) is 9.77. The van der Waals surface area contributed by atoms with Gasteiger partial charge in [-0.2, -0.15) is 0 Å². The third-order valence-corrected chi connectivity index (χ3v) is 7.40. The highest BCUT2D eigenvalue weighted by Gasteiger charge is 2.32. The Bertz CT molecular complexity index is 994. The Labute approximate surface area is 169 Å². The molecule has 4 heterocycles. The molecular weight excluding hydrogens is 374 g/mol. The van der Waals surface area contributed by atoms with E-state index in [2.05, 4.69) is 39.6 Å². The fraction of sp³-hybridized carbons (Fsp3) is 0.571. The van der Waals surface area contributed by atoms with Gasteiger partial charge >= 0.3 is 0 Å². The van der Waals surface area contributed by atoms with E-state index >= 15 is 0 Å². The maximum atomic E-state index is 6.14. The minimum absolute atomic E-state index is 0.157. The zero-order valence-corrected chi connectivity index (χ0v) is 18.4. The van der Waals surface area contributed by atoms with E-state index in [1.54, 1.807) is 17.7 Å². The van der Waals surface area contributed by atoms with Crippen molar-refractivity contribution in [2.24, 2.45) is 0 Å². The molecule has 0 spiro atoms. The number of thiophene rings is 1. The van der Waals surface area contributed by atoms with E-state index in [1.807, 2.05) is 11.8 Å². The van der Waals surface area contributed by atoms with Gasteiger partial charge in [0.05, 0.1) is 28.1 Å². The molecule has 4 rings (SSSR count). The van der Waals surface area contributed by atoms with Crippen molar-refractivity contribution >= 4 is 43.5 Å². The zero-order chi connectivity index (χ0) is 19.2. The molecule has 1 aliphatic rings. The summed E-state index contributed by atoms with van der Waals surface area (Å²) in [7, 11) is 0. The molecule has 0 radical (unpaired) electrons. The largest absolute Gasteiger partial charge is 0.370 e. The molecule has 3 aromatic heterocycles. The minimum Gasteiger partial charge on any atom is -0.370 e. The molecule has 0 bridgehead atoms. The molecule has 27 heavy (non-hydrogen) atoms. The average molecular weight is 402 g/mol. The second kappa shape index (κ2) is 7.30. The van der Waals surface area contributed by atoms with E-state index in [0.717, 1.165) is 27.5 Å². The molecule has 3 aromatic rings. The summed E-state index contributed by atoms with van der Waals surface area (Å²) in [5, 5.41) is 2.33. The van der Waals surface area contributed by atoms with Crippen molar-refractivity contribution in [2.45, 2.75) is 77.0 Å². The van der Waals surface area contributed by atoms with Crippen molar-refractivity contribution in [1.82, 2.24) is 15.0 Å². The van der Waals surface area contributed by atoms with Crippen molar-refractivity contribution < 1.29 is 4.74 Å². The number of hydrogen-bond donors (Lipinski definition) is 0. The molecule has 0 saturated heterocycles. The van der Waals surface area contributed by atoms with Crippen LogP contribution in [0.4, 0.5) is 0 Å². The Kier molecular flexibility index (Phi) is 5.16.